The second-order valence-electron chi connectivity index (χ2n) is 7.09. The standard InChI is InChI=1S/C22H27NO6/c1-12(2)16-9-7-8-10-17(16)28-11-18(24)29-15(5)21(25)20-13(3)19(14(4)23-20)22(26)27-6/h7-10,12,15,23H,11H2,1-6H3/t15-/m1/s1. The van der Waals surface area contributed by atoms with Crippen molar-refractivity contribution in [1.29, 1.82) is 0 Å². The van der Waals surface area contributed by atoms with Gasteiger partial charge in [0, 0.05) is 5.69 Å². The van der Waals surface area contributed by atoms with Gasteiger partial charge in [0.05, 0.1) is 18.4 Å². The number of hydrogen-bond acceptors (Lipinski definition) is 6. The molecule has 2 rings (SSSR count). The Balaban J connectivity index is 2.03. The minimum Gasteiger partial charge on any atom is -0.482 e. The molecule has 1 N–H and O–H groups in total. The molecule has 1 heterocycles. The fraction of sp³-hybridized carbons (Fsp3) is 0.409. The van der Waals surface area contributed by atoms with E-state index in [4.69, 9.17) is 14.2 Å². The molecular formula is C22H27NO6. The highest BCUT2D eigenvalue weighted by Gasteiger charge is 2.27. The first-order valence-electron chi connectivity index (χ1n) is 9.40. The van der Waals surface area contributed by atoms with Gasteiger partial charge in [-0.05, 0) is 43.9 Å². The molecule has 0 aliphatic rings. The van der Waals surface area contributed by atoms with Crippen LogP contribution in [-0.2, 0) is 14.3 Å². The third-order valence-electron chi connectivity index (χ3n) is 4.64. The van der Waals surface area contributed by atoms with Crippen molar-refractivity contribution in [1.82, 2.24) is 4.98 Å². The number of ketones is 1. The van der Waals surface area contributed by atoms with E-state index in [1.807, 2.05) is 32.0 Å². The molecule has 0 saturated heterocycles. The Hall–Kier alpha value is -3.09. The molecule has 0 aliphatic heterocycles. The van der Waals surface area contributed by atoms with E-state index in [0.29, 0.717) is 22.6 Å². The number of benzene rings is 1. The molecule has 0 saturated carbocycles. The monoisotopic (exact) mass is 401 g/mol. The number of carbonyl (C=O) groups is 3. The van der Waals surface area contributed by atoms with Crippen molar-refractivity contribution in [3.8, 4) is 5.75 Å². The smallest absolute Gasteiger partial charge is 0.344 e. The summed E-state index contributed by atoms with van der Waals surface area (Å²) in [6.07, 6.45) is -1.03. The van der Waals surface area contributed by atoms with Crippen LogP contribution in [0.15, 0.2) is 24.3 Å². The fourth-order valence-electron chi connectivity index (χ4n) is 3.12. The molecule has 1 aromatic heterocycles. The van der Waals surface area contributed by atoms with Crippen molar-refractivity contribution in [2.45, 2.75) is 46.6 Å². The summed E-state index contributed by atoms with van der Waals surface area (Å²) in [7, 11) is 1.28. The normalized spacial score (nSPS) is 11.8. The molecule has 156 valence electrons. The Morgan fingerprint density at radius 3 is 2.34 bits per heavy atom. The predicted octanol–water partition coefficient (Wildman–Crippen LogP) is 3.73. The zero-order valence-electron chi connectivity index (χ0n) is 17.6. The number of aromatic amines is 1. The van der Waals surface area contributed by atoms with E-state index in [0.717, 1.165) is 5.56 Å². The van der Waals surface area contributed by atoms with Gasteiger partial charge in [-0.3, -0.25) is 4.79 Å². The van der Waals surface area contributed by atoms with Gasteiger partial charge in [0.15, 0.2) is 12.7 Å². The predicted molar refractivity (Wildman–Crippen MR) is 108 cm³/mol. The van der Waals surface area contributed by atoms with Crippen LogP contribution in [0.1, 0.15) is 64.4 Å². The molecule has 7 nitrogen and oxygen atoms in total. The number of aromatic nitrogens is 1. The summed E-state index contributed by atoms with van der Waals surface area (Å²) in [5, 5.41) is 0. The molecule has 7 heteroatoms. The van der Waals surface area contributed by atoms with Gasteiger partial charge in [-0.2, -0.15) is 0 Å². The average Bonchev–Trinajstić information content (AvgIpc) is 2.99. The van der Waals surface area contributed by atoms with Crippen LogP contribution in [0.2, 0.25) is 0 Å². The number of aryl methyl sites for hydroxylation is 1. The molecule has 1 atom stereocenters. The van der Waals surface area contributed by atoms with Crippen molar-refractivity contribution in [2.75, 3.05) is 13.7 Å². The largest absolute Gasteiger partial charge is 0.482 e. The summed E-state index contributed by atoms with van der Waals surface area (Å²) in [5.74, 6) is -0.768. The summed E-state index contributed by atoms with van der Waals surface area (Å²) in [5.41, 5.74) is 2.49. The maximum Gasteiger partial charge on any atom is 0.344 e. The molecule has 29 heavy (non-hydrogen) atoms. The van der Waals surface area contributed by atoms with Crippen LogP contribution in [0.4, 0.5) is 0 Å². The Bertz CT molecular complexity index is 912. The lowest BCUT2D eigenvalue weighted by Gasteiger charge is -2.15. The van der Waals surface area contributed by atoms with Gasteiger partial charge in [0.1, 0.15) is 5.75 Å². The first kappa shape index (κ1) is 22.2. The van der Waals surface area contributed by atoms with Gasteiger partial charge in [0.25, 0.3) is 0 Å². The van der Waals surface area contributed by atoms with Crippen LogP contribution >= 0.6 is 0 Å². The Morgan fingerprint density at radius 1 is 1.07 bits per heavy atom. The van der Waals surface area contributed by atoms with Crippen LogP contribution in [-0.4, -0.2) is 42.5 Å². The van der Waals surface area contributed by atoms with Gasteiger partial charge < -0.3 is 19.2 Å². The number of nitrogens with one attached hydrogen (secondary N) is 1. The molecule has 0 unspecified atom stereocenters. The van der Waals surface area contributed by atoms with E-state index >= 15 is 0 Å². The van der Waals surface area contributed by atoms with E-state index in [9.17, 15) is 14.4 Å². The highest BCUT2D eigenvalue weighted by atomic mass is 16.6. The van der Waals surface area contributed by atoms with Crippen LogP contribution in [0.25, 0.3) is 0 Å². The molecular weight excluding hydrogens is 374 g/mol. The Kier molecular flexibility index (Phi) is 7.20. The van der Waals surface area contributed by atoms with Crippen LogP contribution in [0.5, 0.6) is 5.75 Å². The minimum atomic E-state index is -1.03. The highest BCUT2D eigenvalue weighted by Crippen LogP contribution is 2.26. The van der Waals surface area contributed by atoms with Gasteiger partial charge >= 0.3 is 11.9 Å². The van der Waals surface area contributed by atoms with Crippen molar-refractivity contribution in [2.24, 2.45) is 0 Å². The first-order valence-corrected chi connectivity index (χ1v) is 9.40. The lowest BCUT2D eigenvalue weighted by Crippen LogP contribution is -2.28. The lowest BCUT2D eigenvalue weighted by molar-refractivity contribution is -0.148. The van der Waals surface area contributed by atoms with Gasteiger partial charge in [-0.15, -0.1) is 0 Å². The van der Waals surface area contributed by atoms with E-state index in [2.05, 4.69) is 4.98 Å². The topological polar surface area (TPSA) is 94.7 Å². The van der Waals surface area contributed by atoms with E-state index < -0.39 is 23.8 Å². The maximum atomic E-state index is 12.7. The number of rotatable bonds is 8. The molecule has 0 spiro atoms. The number of Topliss-reactive ketones (excluding diaryl/α,β-unsaturated/α-hetero) is 1. The second-order valence-corrected chi connectivity index (χ2v) is 7.09. The van der Waals surface area contributed by atoms with Gasteiger partial charge in [-0.1, -0.05) is 32.0 Å². The summed E-state index contributed by atoms with van der Waals surface area (Å²) in [6.45, 7) is 8.55. The van der Waals surface area contributed by atoms with E-state index in [1.165, 1.54) is 14.0 Å². The van der Waals surface area contributed by atoms with Gasteiger partial charge in [0.2, 0.25) is 5.78 Å². The first-order chi connectivity index (χ1) is 13.7. The lowest BCUT2D eigenvalue weighted by atomic mass is 10.0. The second kappa shape index (κ2) is 9.41. The fourth-order valence-corrected chi connectivity index (χ4v) is 3.12. The summed E-state index contributed by atoms with van der Waals surface area (Å²) >= 11 is 0. The van der Waals surface area contributed by atoms with Gasteiger partial charge in [-0.25, -0.2) is 9.59 Å². The third kappa shape index (κ3) is 5.04. The molecule has 0 bridgehead atoms. The number of H-pyrrole nitrogens is 1. The number of methoxy groups -OCH3 is 1. The maximum absolute atomic E-state index is 12.7. The number of ether oxygens (including phenoxy) is 3. The van der Waals surface area contributed by atoms with Crippen molar-refractivity contribution in [3.63, 3.8) is 0 Å². The Labute approximate surface area is 170 Å². The quantitative estimate of drug-likeness (QED) is 0.535. The summed E-state index contributed by atoms with van der Waals surface area (Å²) < 4.78 is 15.6. The number of hydrogen-bond donors (Lipinski definition) is 1. The number of esters is 2. The van der Waals surface area contributed by atoms with Crippen molar-refractivity contribution >= 4 is 17.7 Å². The van der Waals surface area contributed by atoms with Crippen molar-refractivity contribution < 1.29 is 28.6 Å². The van der Waals surface area contributed by atoms with Crippen LogP contribution < -0.4 is 4.74 Å². The molecule has 1 aromatic carbocycles. The zero-order valence-corrected chi connectivity index (χ0v) is 17.6. The van der Waals surface area contributed by atoms with E-state index in [1.54, 1.807) is 19.9 Å². The number of para-hydroxylation sites is 1. The molecule has 0 amide bonds. The van der Waals surface area contributed by atoms with E-state index in [-0.39, 0.29) is 18.2 Å². The average molecular weight is 401 g/mol. The van der Waals surface area contributed by atoms with Crippen molar-refractivity contribution in [3.05, 3.63) is 52.3 Å². The highest BCUT2D eigenvalue weighted by molar-refractivity contribution is 6.03. The minimum absolute atomic E-state index is 0.217. The molecule has 0 aliphatic carbocycles. The molecule has 2 aromatic rings. The zero-order chi connectivity index (χ0) is 21.7. The Morgan fingerprint density at radius 2 is 1.72 bits per heavy atom. The summed E-state index contributed by atoms with van der Waals surface area (Å²) in [6, 6.07) is 7.46. The SMILES string of the molecule is COC(=O)c1c(C)[nH]c(C(=O)[C@@H](C)OC(=O)COc2ccccc2C(C)C)c1C. The molecule has 0 fully saturated rings. The third-order valence-corrected chi connectivity index (χ3v) is 4.64. The summed E-state index contributed by atoms with van der Waals surface area (Å²) in [4.78, 5) is 39.6. The number of carbonyl (C=O) groups excluding carboxylic acids is 3. The molecule has 0 radical (unpaired) electrons. The van der Waals surface area contributed by atoms with Crippen LogP contribution in [0, 0.1) is 13.8 Å². The van der Waals surface area contributed by atoms with Crippen LogP contribution in [0.3, 0.4) is 0 Å².